The van der Waals surface area contributed by atoms with Crippen molar-refractivity contribution in [2.75, 3.05) is 0 Å². The molecule has 12 aromatic rings. The Morgan fingerprint density at radius 1 is 0.400 bits per heavy atom. The Bertz CT molecular complexity index is 3910. The Balaban J connectivity index is 0.935. The SMILES string of the molecule is c1ccc(C2=NC(c3ccccc3)NC(c3ccc(-c4ccc(-c5ccc6sc7c(ccc8c(-c9ccccc9)nc9ccccc9c87)c6c5)c5ccccc45)c4ccccc34)=N2)cc1. The smallest absolute Gasteiger partial charge is 0.159 e. The maximum Gasteiger partial charge on any atom is 0.159 e. The summed E-state index contributed by atoms with van der Waals surface area (Å²) in [6, 6.07) is 78.1. The van der Waals surface area contributed by atoms with Gasteiger partial charge in [-0.25, -0.2) is 15.0 Å². The fourth-order valence-corrected chi connectivity index (χ4v) is 11.1. The lowest BCUT2D eigenvalue weighted by Gasteiger charge is -2.24. The summed E-state index contributed by atoms with van der Waals surface area (Å²) >= 11 is 1.88. The molecule has 2 aromatic heterocycles. The molecule has 1 unspecified atom stereocenters. The summed E-state index contributed by atoms with van der Waals surface area (Å²) in [7, 11) is 0. The molecule has 13 rings (SSSR count). The standard InChI is InChI=1S/C60H38N4S/c1-4-16-37(17-5-1)56-51-34-32-48-52-36-40(28-35-54(52)65-57(48)55(51)50-26-14-15-27-53(50)61-56)41-29-30-46(43-23-11-10-22-42(41)43)47-31-33-49(45-25-13-12-24-44(45)47)60-63-58(38-18-6-2-7-19-38)62-59(64-60)39-20-8-3-9-21-39/h1-36,58H,(H,62,63,64). The van der Waals surface area contributed by atoms with E-state index in [1.54, 1.807) is 0 Å². The second-order valence-electron chi connectivity index (χ2n) is 16.7. The van der Waals surface area contributed by atoms with Crippen LogP contribution in [0.4, 0.5) is 0 Å². The van der Waals surface area contributed by atoms with Crippen LogP contribution in [0.15, 0.2) is 228 Å². The molecule has 0 radical (unpaired) electrons. The third-order valence-electron chi connectivity index (χ3n) is 12.9. The molecule has 0 spiro atoms. The van der Waals surface area contributed by atoms with Crippen LogP contribution < -0.4 is 5.32 Å². The maximum atomic E-state index is 5.21. The summed E-state index contributed by atoms with van der Waals surface area (Å²) in [5, 5.41) is 14.6. The Labute approximate surface area is 379 Å². The molecule has 0 amide bonds. The van der Waals surface area contributed by atoms with Crippen molar-refractivity contribution < 1.29 is 0 Å². The number of hydrogen-bond donors (Lipinski definition) is 1. The predicted molar refractivity (Wildman–Crippen MR) is 275 cm³/mol. The van der Waals surface area contributed by atoms with Gasteiger partial charge >= 0.3 is 0 Å². The molecule has 0 aliphatic carbocycles. The van der Waals surface area contributed by atoms with Gasteiger partial charge in [-0.05, 0) is 67.6 Å². The van der Waals surface area contributed by atoms with Crippen LogP contribution in [0.25, 0.3) is 96.9 Å². The van der Waals surface area contributed by atoms with Crippen LogP contribution in [0.3, 0.4) is 0 Å². The predicted octanol–water partition coefficient (Wildman–Crippen LogP) is 15.6. The molecular weight excluding hydrogens is 809 g/mol. The van der Waals surface area contributed by atoms with Gasteiger partial charge in [0.2, 0.25) is 0 Å². The Hall–Kier alpha value is -8.25. The van der Waals surface area contributed by atoms with Crippen LogP contribution in [-0.4, -0.2) is 16.7 Å². The molecular formula is C60H38N4S. The van der Waals surface area contributed by atoms with Gasteiger partial charge in [-0.3, -0.25) is 0 Å². The van der Waals surface area contributed by atoms with Crippen molar-refractivity contribution in [1.29, 1.82) is 0 Å². The number of benzene rings is 10. The first-order valence-corrected chi connectivity index (χ1v) is 22.9. The summed E-state index contributed by atoms with van der Waals surface area (Å²) in [5.74, 6) is 1.52. The number of aromatic nitrogens is 1. The third-order valence-corrected chi connectivity index (χ3v) is 14.1. The van der Waals surface area contributed by atoms with E-state index in [1.165, 1.54) is 74.7 Å². The largest absolute Gasteiger partial charge is 0.344 e. The van der Waals surface area contributed by atoms with Crippen molar-refractivity contribution in [2.24, 2.45) is 9.98 Å². The minimum absolute atomic E-state index is 0.274. The average molecular weight is 847 g/mol. The molecule has 304 valence electrons. The van der Waals surface area contributed by atoms with Crippen molar-refractivity contribution in [2.45, 2.75) is 6.17 Å². The lowest BCUT2D eigenvalue weighted by molar-refractivity contribution is 0.674. The number of hydrogen-bond acceptors (Lipinski definition) is 5. The number of nitrogens with zero attached hydrogens (tertiary/aromatic N) is 3. The molecule has 0 fully saturated rings. The van der Waals surface area contributed by atoms with E-state index in [2.05, 4.69) is 199 Å². The van der Waals surface area contributed by atoms with E-state index in [1.807, 2.05) is 35.6 Å². The van der Waals surface area contributed by atoms with Crippen molar-refractivity contribution in [3.63, 3.8) is 0 Å². The van der Waals surface area contributed by atoms with E-state index in [0.717, 1.165) is 44.7 Å². The first kappa shape index (κ1) is 37.3. The highest BCUT2D eigenvalue weighted by atomic mass is 32.1. The normalized spacial score (nSPS) is 14.0. The molecule has 1 N–H and O–H groups in total. The molecule has 1 aliphatic heterocycles. The fourth-order valence-electron chi connectivity index (χ4n) is 9.89. The zero-order valence-electron chi connectivity index (χ0n) is 35.1. The maximum absolute atomic E-state index is 5.21. The average Bonchev–Trinajstić information content (AvgIpc) is 3.76. The van der Waals surface area contributed by atoms with Gasteiger partial charge in [0.05, 0.1) is 11.2 Å². The topological polar surface area (TPSA) is 49.6 Å². The van der Waals surface area contributed by atoms with E-state index < -0.39 is 0 Å². The number of aliphatic imine (C=N–C) groups is 2. The lowest BCUT2D eigenvalue weighted by atomic mass is 9.88. The highest BCUT2D eigenvalue weighted by molar-refractivity contribution is 7.26. The number of nitrogens with one attached hydrogen (secondary N) is 1. The Kier molecular flexibility index (Phi) is 8.74. The molecule has 1 atom stereocenters. The van der Waals surface area contributed by atoms with Crippen LogP contribution in [0.5, 0.6) is 0 Å². The van der Waals surface area contributed by atoms with Gasteiger partial charge < -0.3 is 5.32 Å². The zero-order valence-corrected chi connectivity index (χ0v) is 35.9. The minimum Gasteiger partial charge on any atom is -0.344 e. The van der Waals surface area contributed by atoms with Gasteiger partial charge in [-0.15, -0.1) is 11.3 Å². The molecule has 3 heterocycles. The van der Waals surface area contributed by atoms with Crippen LogP contribution in [0.1, 0.15) is 22.9 Å². The zero-order chi connectivity index (χ0) is 42.8. The van der Waals surface area contributed by atoms with Crippen molar-refractivity contribution in [1.82, 2.24) is 10.3 Å². The molecule has 10 aromatic carbocycles. The summed E-state index contributed by atoms with van der Waals surface area (Å²) in [6.45, 7) is 0. The fraction of sp³-hybridized carbons (Fsp3) is 0.0167. The van der Waals surface area contributed by atoms with Crippen molar-refractivity contribution in [3.8, 4) is 33.5 Å². The Morgan fingerprint density at radius 3 is 1.66 bits per heavy atom. The highest BCUT2D eigenvalue weighted by Gasteiger charge is 2.24. The minimum atomic E-state index is -0.274. The number of amidine groups is 2. The molecule has 0 bridgehead atoms. The second kappa shape index (κ2) is 15.2. The number of fused-ring (bicyclic) bond motifs is 9. The van der Waals surface area contributed by atoms with Crippen LogP contribution in [0, 0.1) is 0 Å². The van der Waals surface area contributed by atoms with Gasteiger partial charge in [0.1, 0.15) is 12.0 Å². The Morgan fingerprint density at radius 2 is 0.954 bits per heavy atom. The summed E-state index contributed by atoms with van der Waals surface area (Å²) in [6.07, 6.45) is -0.274. The lowest BCUT2D eigenvalue weighted by Crippen LogP contribution is -2.33. The van der Waals surface area contributed by atoms with Gasteiger partial charge in [0, 0.05) is 53.0 Å². The third kappa shape index (κ3) is 6.23. The first-order chi connectivity index (χ1) is 32.2. The molecule has 4 nitrogen and oxygen atoms in total. The summed E-state index contributed by atoms with van der Waals surface area (Å²) in [5.41, 5.74) is 11.1. The molecule has 0 saturated heterocycles. The van der Waals surface area contributed by atoms with E-state index >= 15 is 0 Å². The van der Waals surface area contributed by atoms with Crippen molar-refractivity contribution >= 4 is 86.4 Å². The van der Waals surface area contributed by atoms with E-state index in [-0.39, 0.29) is 6.17 Å². The highest BCUT2D eigenvalue weighted by Crippen LogP contribution is 2.46. The second-order valence-corrected chi connectivity index (χ2v) is 17.7. The summed E-state index contributed by atoms with van der Waals surface area (Å²) in [4.78, 5) is 15.5. The van der Waals surface area contributed by atoms with E-state index in [4.69, 9.17) is 15.0 Å². The monoisotopic (exact) mass is 846 g/mol. The number of para-hydroxylation sites is 1. The number of rotatable bonds is 6. The van der Waals surface area contributed by atoms with Crippen molar-refractivity contribution in [3.05, 3.63) is 235 Å². The molecule has 65 heavy (non-hydrogen) atoms. The van der Waals surface area contributed by atoms with Gasteiger partial charge in [0.25, 0.3) is 0 Å². The van der Waals surface area contributed by atoms with Crippen LogP contribution in [0.2, 0.25) is 0 Å². The van der Waals surface area contributed by atoms with Gasteiger partial charge in [-0.2, -0.15) is 0 Å². The van der Waals surface area contributed by atoms with Crippen LogP contribution >= 0.6 is 11.3 Å². The van der Waals surface area contributed by atoms with E-state index in [0.29, 0.717) is 5.84 Å². The van der Waals surface area contributed by atoms with E-state index in [9.17, 15) is 0 Å². The number of pyridine rings is 1. The molecule has 0 saturated carbocycles. The number of thiophene rings is 1. The quantitative estimate of drug-likeness (QED) is 0.170. The first-order valence-electron chi connectivity index (χ1n) is 22.0. The van der Waals surface area contributed by atoms with Gasteiger partial charge in [-0.1, -0.05) is 200 Å². The van der Waals surface area contributed by atoms with Gasteiger partial charge in [0.15, 0.2) is 5.84 Å². The molecule has 5 heteroatoms. The molecule has 1 aliphatic rings. The summed E-state index contributed by atoms with van der Waals surface area (Å²) < 4.78 is 2.58. The van der Waals surface area contributed by atoms with Crippen LogP contribution in [-0.2, 0) is 0 Å².